The number of carbonyl (C=O) groups is 1. The minimum Gasteiger partial charge on any atom is -0.492 e. The standard InChI is InChI=1S/C18H17N5O2S/c1-3-25-15-7-5-4-6-14(15)22-17(24)11(2)26-18-13(10-20)8-12(9-19)16(21)23-18/h4-8,11H,3H2,1-2H3,(H2,21,23)(H,22,24)/t11-/m0/s1. The van der Waals surface area contributed by atoms with Crippen LogP contribution in [0, 0.1) is 22.7 Å². The molecule has 7 nitrogen and oxygen atoms in total. The maximum atomic E-state index is 12.5. The van der Waals surface area contributed by atoms with Crippen molar-refractivity contribution in [3.8, 4) is 17.9 Å². The van der Waals surface area contributed by atoms with E-state index in [0.717, 1.165) is 11.8 Å². The van der Waals surface area contributed by atoms with Gasteiger partial charge in [0.1, 0.15) is 28.7 Å². The van der Waals surface area contributed by atoms with Gasteiger partial charge in [0.05, 0.1) is 28.7 Å². The van der Waals surface area contributed by atoms with E-state index in [1.54, 1.807) is 25.1 Å². The second-order valence-corrected chi connectivity index (χ2v) is 6.51. The van der Waals surface area contributed by atoms with Crippen LogP contribution in [0.4, 0.5) is 11.5 Å². The molecule has 1 aromatic heterocycles. The van der Waals surface area contributed by atoms with Crippen LogP contribution in [-0.2, 0) is 4.79 Å². The number of aromatic nitrogens is 1. The number of thioether (sulfide) groups is 1. The van der Waals surface area contributed by atoms with Gasteiger partial charge >= 0.3 is 0 Å². The molecular weight excluding hydrogens is 350 g/mol. The second kappa shape index (κ2) is 8.75. The van der Waals surface area contributed by atoms with Gasteiger partial charge in [-0.1, -0.05) is 23.9 Å². The summed E-state index contributed by atoms with van der Waals surface area (Å²) in [6, 6.07) is 12.4. The first-order chi connectivity index (χ1) is 12.5. The maximum Gasteiger partial charge on any atom is 0.237 e. The van der Waals surface area contributed by atoms with E-state index in [0.29, 0.717) is 23.1 Å². The summed E-state index contributed by atoms with van der Waals surface area (Å²) < 4.78 is 5.49. The molecule has 0 bridgehead atoms. The highest BCUT2D eigenvalue weighted by Crippen LogP contribution is 2.29. The van der Waals surface area contributed by atoms with Crippen molar-refractivity contribution in [1.82, 2.24) is 4.98 Å². The van der Waals surface area contributed by atoms with Crippen LogP contribution < -0.4 is 15.8 Å². The highest BCUT2D eigenvalue weighted by atomic mass is 32.2. The Morgan fingerprint density at radius 3 is 2.69 bits per heavy atom. The van der Waals surface area contributed by atoms with Gasteiger partial charge in [-0.3, -0.25) is 4.79 Å². The molecular formula is C18H17N5O2S. The summed E-state index contributed by atoms with van der Waals surface area (Å²) in [5.41, 5.74) is 6.62. The normalized spacial score (nSPS) is 11.1. The van der Waals surface area contributed by atoms with Crippen LogP contribution in [0.1, 0.15) is 25.0 Å². The number of ether oxygens (including phenoxy) is 1. The zero-order valence-corrected chi connectivity index (χ0v) is 15.1. The number of hydrogen-bond acceptors (Lipinski definition) is 7. The van der Waals surface area contributed by atoms with Gasteiger partial charge in [0.25, 0.3) is 0 Å². The third kappa shape index (κ3) is 4.44. The summed E-state index contributed by atoms with van der Waals surface area (Å²) >= 11 is 1.10. The summed E-state index contributed by atoms with van der Waals surface area (Å²) in [6.45, 7) is 4.04. The van der Waals surface area contributed by atoms with Gasteiger partial charge in [-0.05, 0) is 32.0 Å². The number of nitriles is 2. The Hall–Kier alpha value is -3.23. The number of amides is 1. The fourth-order valence-electron chi connectivity index (χ4n) is 2.08. The van der Waals surface area contributed by atoms with Crippen LogP contribution in [-0.4, -0.2) is 22.7 Å². The Morgan fingerprint density at radius 1 is 1.35 bits per heavy atom. The number of nitrogens with zero attached hydrogens (tertiary/aromatic N) is 3. The lowest BCUT2D eigenvalue weighted by molar-refractivity contribution is -0.115. The van der Waals surface area contributed by atoms with E-state index in [1.165, 1.54) is 6.07 Å². The molecule has 0 unspecified atom stereocenters. The predicted molar refractivity (Wildman–Crippen MR) is 99.6 cm³/mol. The number of rotatable bonds is 6. The Morgan fingerprint density at radius 2 is 2.04 bits per heavy atom. The van der Waals surface area contributed by atoms with Crippen LogP contribution >= 0.6 is 11.8 Å². The van der Waals surface area contributed by atoms with Crippen molar-refractivity contribution < 1.29 is 9.53 Å². The fraction of sp³-hybridized carbons (Fsp3) is 0.222. The number of nitrogens with one attached hydrogen (secondary N) is 1. The van der Waals surface area contributed by atoms with Crippen molar-refractivity contribution in [2.24, 2.45) is 0 Å². The van der Waals surface area contributed by atoms with Crippen molar-refractivity contribution in [3.63, 3.8) is 0 Å². The summed E-state index contributed by atoms with van der Waals surface area (Å²) in [6.07, 6.45) is 0. The summed E-state index contributed by atoms with van der Waals surface area (Å²) in [4.78, 5) is 16.6. The van der Waals surface area contributed by atoms with Gasteiger partial charge in [0.2, 0.25) is 5.91 Å². The van der Waals surface area contributed by atoms with Crippen molar-refractivity contribution in [2.75, 3.05) is 17.7 Å². The van der Waals surface area contributed by atoms with E-state index >= 15 is 0 Å². The van der Waals surface area contributed by atoms with Crippen LogP contribution in [0.5, 0.6) is 5.75 Å². The Labute approximate surface area is 155 Å². The van der Waals surface area contributed by atoms with Gasteiger partial charge in [0.15, 0.2) is 0 Å². The topological polar surface area (TPSA) is 125 Å². The molecule has 0 saturated heterocycles. The first-order valence-electron chi connectivity index (χ1n) is 7.80. The molecule has 2 aromatic rings. The molecule has 0 aliphatic heterocycles. The number of nitrogen functional groups attached to an aromatic ring is 1. The molecule has 26 heavy (non-hydrogen) atoms. The number of benzene rings is 1. The molecule has 1 atom stereocenters. The van der Waals surface area contributed by atoms with E-state index in [9.17, 15) is 10.1 Å². The SMILES string of the molecule is CCOc1ccccc1NC(=O)[C@H](C)Sc1nc(N)c(C#N)cc1C#N. The smallest absolute Gasteiger partial charge is 0.237 e. The Bertz CT molecular complexity index is 901. The highest BCUT2D eigenvalue weighted by Gasteiger charge is 2.20. The van der Waals surface area contributed by atoms with E-state index < -0.39 is 5.25 Å². The quantitative estimate of drug-likeness (QED) is 0.752. The molecule has 0 spiro atoms. The lowest BCUT2D eigenvalue weighted by Gasteiger charge is -2.15. The lowest BCUT2D eigenvalue weighted by Crippen LogP contribution is -2.23. The monoisotopic (exact) mass is 367 g/mol. The van der Waals surface area contributed by atoms with E-state index in [1.807, 2.05) is 25.1 Å². The van der Waals surface area contributed by atoms with Gasteiger partial charge < -0.3 is 15.8 Å². The van der Waals surface area contributed by atoms with E-state index in [2.05, 4.69) is 10.3 Å². The number of pyridine rings is 1. The second-order valence-electron chi connectivity index (χ2n) is 5.18. The van der Waals surface area contributed by atoms with Gasteiger partial charge in [0, 0.05) is 0 Å². The van der Waals surface area contributed by atoms with Crippen LogP contribution in [0.25, 0.3) is 0 Å². The molecule has 8 heteroatoms. The van der Waals surface area contributed by atoms with Gasteiger partial charge in [-0.2, -0.15) is 10.5 Å². The van der Waals surface area contributed by atoms with E-state index in [4.69, 9.17) is 15.7 Å². The van der Waals surface area contributed by atoms with Crippen LogP contribution in [0.15, 0.2) is 35.4 Å². The fourth-order valence-corrected chi connectivity index (χ4v) is 2.96. The van der Waals surface area contributed by atoms with Crippen LogP contribution in [0.3, 0.4) is 0 Å². The largest absolute Gasteiger partial charge is 0.492 e. The third-order valence-corrected chi connectivity index (χ3v) is 4.46. The predicted octanol–water partition coefficient (Wildman–Crippen LogP) is 2.93. The molecule has 1 aromatic carbocycles. The zero-order valence-electron chi connectivity index (χ0n) is 14.3. The van der Waals surface area contributed by atoms with Crippen molar-refractivity contribution >= 4 is 29.2 Å². The molecule has 0 fully saturated rings. The number of anilines is 2. The third-order valence-electron chi connectivity index (χ3n) is 3.36. The average molecular weight is 367 g/mol. The molecule has 132 valence electrons. The number of carbonyl (C=O) groups excluding carboxylic acids is 1. The zero-order chi connectivity index (χ0) is 19.1. The molecule has 3 N–H and O–H groups in total. The van der Waals surface area contributed by atoms with Crippen LogP contribution in [0.2, 0.25) is 0 Å². The molecule has 1 heterocycles. The Kier molecular flexibility index (Phi) is 6.42. The van der Waals surface area contributed by atoms with Crippen molar-refractivity contribution in [3.05, 3.63) is 41.5 Å². The average Bonchev–Trinajstić information content (AvgIpc) is 2.63. The van der Waals surface area contributed by atoms with Gasteiger partial charge in [-0.25, -0.2) is 4.98 Å². The van der Waals surface area contributed by atoms with Crippen molar-refractivity contribution in [2.45, 2.75) is 24.1 Å². The molecule has 0 radical (unpaired) electrons. The molecule has 2 rings (SSSR count). The first-order valence-corrected chi connectivity index (χ1v) is 8.68. The van der Waals surface area contributed by atoms with E-state index in [-0.39, 0.29) is 22.9 Å². The van der Waals surface area contributed by atoms with Gasteiger partial charge in [-0.15, -0.1) is 0 Å². The number of hydrogen-bond donors (Lipinski definition) is 2. The summed E-state index contributed by atoms with van der Waals surface area (Å²) in [5, 5.41) is 20.8. The number of para-hydroxylation sites is 2. The van der Waals surface area contributed by atoms with Crippen molar-refractivity contribution in [1.29, 1.82) is 10.5 Å². The number of nitrogens with two attached hydrogens (primary N) is 1. The molecule has 0 aliphatic rings. The summed E-state index contributed by atoms with van der Waals surface area (Å²) in [5.74, 6) is 0.345. The minimum atomic E-state index is -0.545. The molecule has 0 saturated carbocycles. The highest BCUT2D eigenvalue weighted by molar-refractivity contribution is 8.00. The first kappa shape index (κ1) is 19.1. The lowest BCUT2D eigenvalue weighted by atomic mass is 10.2. The minimum absolute atomic E-state index is 0.0308. The molecule has 0 aliphatic carbocycles. The molecule has 1 amide bonds. The summed E-state index contributed by atoms with van der Waals surface area (Å²) in [7, 11) is 0. The maximum absolute atomic E-state index is 12.5. The Balaban J connectivity index is 2.17.